The normalized spacial score (nSPS) is 11.6. The summed E-state index contributed by atoms with van der Waals surface area (Å²) in [5.74, 6) is 2.06. The number of hydrogen-bond acceptors (Lipinski definition) is 3. The van der Waals surface area contributed by atoms with Crippen molar-refractivity contribution < 1.29 is 4.74 Å². The standard InChI is InChI=1S/C15H24ClNOS/c1-15(2,3)17-11-12-10-13(16)6-7-14(12)18-8-5-9-19-4/h6-7,10,17H,5,8-9,11H2,1-4H3. The number of ether oxygens (including phenoxy) is 1. The van der Waals surface area contributed by atoms with Crippen LogP contribution in [-0.4, -0.2) is 24.2 Å². The van der Waals surface area contributed by atoms with Gasteiger partial charge in [-0.1, -0.05) is 11.6 Å². The Balaban J connectivity index is 2.63. The zero-order valence-electron chi connectivity index (χ0n) is 12.3. The van der Waals surface area contributed by atoms with E-state index in [9.17, 15) is 0 Å². The van der Waals surface area contributed by atoms with Crippen molar-refractivity contribution in [2.45, 2.75) is 39.3 Å². The number of halogens is 1. The third-order valence-electron chi connectivity index (χ3n) is 2.58. The van der Waals surface area contributed by atoms with Crippen LogP contribution in [0.25, 0.3) is 0 Å². The Kier molecular flexibility index (Phi) is 7.05. The van der Waals surface area contributed by atoms with E-state index in [4.69, 9.17) is 16.3 Å². The predicted octanol–water partition coefficient (Wildman–Crippen LogP) is 4.36. The van der Waals surface area contributed by atoms with Gasteiger partial charge in [-0.15, -0.1) is 0 Å². The summed E-state index contributed by atoms with van der Waals surface area (Å²) in [6, 6.07) is 5.82. The quantitative estimate of drug-likeness (QED) is 0.756. The minimum Gasteiger partial charge on any atom is -0.493 e. The van der Waals surface area contributed by atoms with Crippen molar-refractivity contribution in [3.05, 3.63) is 28.8 Å². The highest BCUT2D eigenvalue weighted by Crippen LogP contribution is 2.23. The average molecular weight is 302 g/mol. The molecule has 0 aromatic heterocycles. The monoisotopic (exact) mass is 301 g/mol. The van der Waals surface area contributed by atoms with Crippen LogP contribution in [0.1, 0.15) is 32.8 Å². The van der Waals surface area contributed by atoms with Crippen LogP contribution in [0.2, 0.25) is 5.02 Å². The summed E-state index contributed by atoms with van der Waals surface area (Å²) in [5, 5.41) is 4.22. The lowest BCUT2D eigenvalue weighted by molar-refractivity contribution is 0.312. The van der Waals surface area contributed by atoms with Gasteiger partial charge in [0.25, 0.3) is 0 Å². The molecule has 1 N–H and O–H groups in total. The molecule has 0 aliphatic heterocycles. The first-order chi connectivity index (χ1) is 8.92. The zero-order chi connectivity index (χ0) is 14.3. The van der Waals surface area contributed by atoms with E-state index in [-0.39, 0.29) is 5.54 Å². The Morgan fingerprint density at radius 2 is 2.05 bits per heavy atom. The molecule has 108 valence electrons. The van der Waals surface area contributed by atoms with E-state index >= 15 is 0 Å². The Morgan fingerprint density at radius 1 is 1.32 bits per heavy atom. The van der Waals surface area contributed by atoms with E-state index in [1.807, 2.05) is 30.0 Å². The lowest BCUT2D eigenvalue weighted by atomic mass is 10.1. The fourth-order valence-electron chi connectivity index (χ4n) is 1.57. The topological polar surface area (TPSA) is 21.3 Å². The van der Waals surface area contributed by atoms with Crippen molar-refractivity contribution in [2.24, 2.45) is 0 Å². The summed E-state index contributed by atoms with van der Waals surface area (Å²) in [5.41, 5.74) is 1.20. The van der Waals surface area contributed by atoms with E-state index in [1.54, 1.807) is 0 Å². The van der Waals surface area contributed by atoms with Crippen molar-refractivity contribution in [1.82, 2.24) is 5.32 Å². The number of rotatable bonds is 7. The van der Waals surface area contributed by atoms with Gasteiger partial charge in [-0.05, 0) is 57.4 Å². The van der Waals surface area contributed by atoms with Gasteiger partial charge in [-0.3, -0.25) is 0 Å². The fourth-order valence-corrected chi connectivity index (χ4v) is 2.17. The van der Waals surface area contributed by atoms with Gasteiger partial charge in [0.15, 0.2) is 0 Å². The number of thioether (sulfide) groups is 1. The highest BCUT2D eigenvalue weighted by Gasteiger charge is 2.11. The van der Waals surface area contributed by atoms with Crippen molar-refractivity contribution in [2.75, 3.05) is 18.6 Å². The molecule has 19 heavy (non-hydrogen) atoms. The molecular formula is C15H24ClNOS. The van der Waals surface area contributed by atoms with Gasteiger partial charge in [-0.25, -0.2) is 0 Å². The van der Waals surface area contributed by atoms with E-state index < -0.39 is 0 Å². The third kappa shape index (κ3) is 7.09. The number of hydrogen-bond donors (Lipinski definition) is 1. The molecule has 0 amide bonds. The molecule has 2 nitrogen and oxygen atoms in total. The molecule has 0 saturated carbocycles. The van der Waals surface area contributed by atoms with Crippen molar-refractivity contribution in [1.29, 1.82) is 0 Å². The second-order valence-corrected chi connectivity index (χ2v) is 6.97. The van der Waals surface area contributed by atoms with Crippen LogP contribution in [0.4, 0.5) is 0 Å². The second kappa shape index (κ2) is 8.03. The molecule has 1 aromatic carbocycles. The zero-order valence-corrected chi connectivity index (χ0v) is 13.8. The van der Waals surface area contributed by atoms with Crippen molar-refractivity contribution in [3.63, 3.8) is 0 Å². The van der Waals surface area contributed by atoms with Crippen LogP contribution < -0.4 is 10.1 Å². The maximum Gasteiger partial charge on any atom is 0.123 e. The average Bonchev–Trinajstić information content (AvgIpc) is 2.33. The molecule has 1 rings (SSSR count). The maximum absolute atomic E-state index is 6.06. The number of benzene rings is 1. The molecule has 0 saturated heterocycles. The van der Waals surface area contributed by atoms with E-state index in [0.29, 0.717) is 0 Å². The molecule has 0 radical (unpaired) electrons. The third-order valence-corrected chi connectivity index (χ3v) is 3.51. The van der Waals surface area contributed by atoms with Crippen LogP contribution in [0.5, 0.6) is 5.75 Å². The van der Waals surface area contributed by atoms with Gasteiger partial charge in [-0.2, -0.15) is 11.8 Å². The van der Waals surface area contributed by atoms with Gasteiger partial charge in [0.1, 0.15) is 5.75 Å². The van der Waals surface area contributed by atoms with Crippen LogP contribution in [0.15, 0.2) is 18.2 Å². The van der Waals surface area contributed by atoms with Gasteiger partial charge < -0.3 is 10.1 Å². The summed E-state index contributed by atoms with van der Waals surface area (Å²) < 4.78 is 5.85. The molecule has 0 heterocycles. The van der Waals surface area contributed by atoms with Crippen LogP contribution in [0.3, 0.4) is 0 Å². The Hall–Kier alpha value is -0.380. The summed E-state index contributed by atoms with van der Waals surface area (Å²) in [6.07, 6.45) is 3.18. The molecule has 0 unspecified atom stereocenters. The SMILES string of the molecule is CSCCCOc1ccc(Cl)cc1CNC(C)(C)C. The van der Waals surface area contributed by atoms with Gasteiger partial charge in [0, 0.05) is 22.7 Å². The van der Waals surface area contributed by atoms with Crippen molar-refractivity contribution >= 4 is 23.4 Å². The molecular weight excluding hydrogens is 278 g/mol. The molecule has 4 heteroatoms. The maximum atomic E-state index is 6.06. The molecule has 0 bridgehead atoms. The first-order valence-electron chi connectivity index (χ1n) is 6.57. The van der Waals surface area contributed by atoms with Crippen LogP contribution in [-0.2, 0) is 6.54 Å². The lowest BCUT2D eigenvalue weighted by Gasteiger charge is -2.22. The largest absolute Gasteiger partial charge is 0.493 e. The van der Waals surface area contributed by atoms with E-state index in [1.165, 1.54) is 0 Å². The Morgan fingerprint density at radius 3 is 2.68 bits per heavy atom. The summed E-state index contributed by atoms with van der Waals surface area (Å²) in [7, 11) is 0. The second-order valence-electron chi connectivity index (χ2n) is 5.55. The van der Waals surface area contributed by atoms with E-state index in [2.05, 4.69) is 32.3 Å². The molecule has 1 aromatic rings. The van der Waals surface area contributed by atoms with Gasteiger partial charge in [0.05, 0.1) is 6.61 Å². The summed E-state index contributed by atoms with van der Waals surface area (Å²) in [4.78, 5) is 0. The highest BCUT2D eigenvalue weighted by atomic mass is 35.5. The fraction of sp³-hybridized carbons (Fsp3) is 0.600. The summed E-state index contributed by atoms with van der Waals surface area (Å²) in [6.45, 7) is 7.97. The Labute approximate surface area is 126 Å². The first-order valence-corrected chi connectivity index (χ1v) is 8.35. The number of nitrogens with one attached hydrogen (secondary N) is 1. The van der Waals surface area contributed by atoms with Gasteiger partial charge in [0.2, 0.25) is 0 Å². The van der Waals surface area contributed by atoms with Crippen LogP contribution in [0, 0.1) is 0 Å². The van der Waals surface area contributed by atoms with E-state index in [0.717, 1.165) is 41.7 Å². The Bertz CT molecular complexity index is 390. The minimum atomic E-state index is 0.0818. The molecule has 0 aliphatic carbocycles. The minimum absolute atomic E-state index is 0.0818. The molecule has 0 spiro atoms. The molecule has 0 fully saturated rings. The molecule has 0 aliphatic rings. The molecule has 0 atom stereocenters. The highest BCUT2D eigenvalue weighted by molar-refractivity contribution is 7.98. The smallest absolute Gasteiger partial charge is 0.123 e. The summed E-state index contributed by atoms with van der Waals surface area (Å²) >= 11 is 7.91. The van der Waals surface area contributed by atoms with Crippen molar-refractivity contribution in [3.8, 4) is 5.75 Å². The lowest BCUT2D eigenvalue weighted by Crippen LogP contribution is -2.35. The van der Waals surface area contributed by atoms with Crippen LogP contribution >= 0.6 is 23.4 Å². The van der Waals surface area contributed by atoms with Gasteiger partial charge >= 0.3 is 0 Å². The first kappa shape index (κ1) is 16.7. The predicted molar refractivity (Wildman–Crippen MR) is 86.5 cm³/mol.